The Morgan fingerprint density at radius 1 is 1.44 bits per heavy atom. The topological polar surface area (TPSA) is 69.6 Å². The van der Waals surface area contributed by atoms with Gasteiger partial charge in [-0.05, 0) is 29.7 Å². The van der Waals surface area contributed by atoms with Gasteiger partial charge in [-0.25, -0.2) is 5.48 Å². The van der Waals surface area contributed by atoms with Crippen LogP contribution in [0.1, 0.15) is 21.5 Å². The molecule has 5 heteroatoms. The minimum Gasteiger partial charge on any atom is -0.341 e. The average molecular weight is 220 g/mol. The minimum absolute atomic E-state index is 0.431. The van der Waals surface area contributed by atoms with Crippen LogP contribution in [-0.4, -0.2) is 29.0 Å². The van der Waals surface area contributed by atoms with Crippen LogP contribution < -0.4 is 5.48 Å². The van der Waals surface area contributed by atoms with Crippen LogP contribution >= 0.6 is 0 Å². The van der Waals surface area contributed by atoms with Crippen molar-refractivity contribution in [3.63, 3.8) is 0 Å². The van der Waals surface area contributed by atoms with Gasteiger partial charge < -0.3 is 4.90 Å². The summed E-state index contributed by atoms with van der Waals surface area (Å²) in [5, 5.41) is 8.52. The molecule has 16 heavy (non-hydrogen) atoms. The Labute approximate surface area is 92.6 Å². The molecule has 0 aromatic heterocycles. The summed E-state index contributed by atoms with van der Waals surface area (Å²) >= 11 is 0. The van der Waals surface area contributed by atoms with Gasteiger partial charge in [0.2, 0.25) is 6.41 Å². The van der Waals surface area contributed by atoms with E-state index in [2.05, 4.69) is 0 Å². The van der Waals surface area contributed by atoms with Crippen molar-refractivity contribution in [1.29, 1.82) is 0 Å². The number of hydroxylamine groups is 1. The highest BCUT2D eigenvalue weighted by Crippen LogP contribution is 2.19. The molecule has 84 valence electrons. The van der Waals surface area contributed by atoms with Crippen molar-refractivity contribution in [2.75, 3.05) is 6.54 Å². The maximum atomic E-state index is 11.2. The molecule has 0 fully saturated rings. The third kappa shape index (κ3) is 1.90. The molecule has 2 rings (SSSR count). The quantitative estimate of drug-likeness (QED) is 0.428. The molecule has 1 aromatic rings. The number of rotatable bonds is 2. The first-order valence-electron chi connectivity index (χ1n) is 5.00. The average Bonchev–Trinajstić information content (AvgIpc) is 2.36. The molecule has 2 amide bonds. The Bertz CT molecular complexity index is 431. The Morgan fingerprint density at radius 3 is 2.94 bits per heavy atom. The second kappa shape index (κ2) is 4.32. The van der Waals surface area contributed by atoms with E-state index < -0.39 is 5.91 Å². The zero-order valence-corrected chi connectivity index (χ0v) is 8.64. The number of nitrogens with zero attached hydrogens (tertiary/aromatic N) is 1. The molecule has 0 saturated carbocycles. The zero-order valence-electron chi connectivity index (χ0n) is 8.64. The van der Waals surface area contributed by atoms with E-state index in [1.165, 1.54) is 0 Å². The largest absolute Gasteiger partial charge is 0.341 e. The predicted octanol–water partition coefficient (Wildman–Crippen LogP) is 0.320. The van der Waals surface area contributed by atoms with Gasteiger partial charge in [-0.15, -0.1) is 0 Å². The van der Waals surface area contributed by atoms with Crippen molar-refractivity contribution < 1.29 is 14.8 Å². The zero-order chi connectivity index (χ0) is 11.5. The van der Waals surface area contributed by atoms with E-state index in [4.69, 9.17) is 5.21 Å². The van der Waals surface area contributed by atoms with Crippen LogP contribution in [0.4, 0.5) is 0 Å². The summed E-state index contributed by atoms with van der Waals surface area (Å²) in [5.41, 5.74) is 4.14. The maximum Gasteiger partial charge on any atom is 0.274 e. The van der Waals surface area contributed by atoms with Crippen LogP contribution in [0.25, 0.3) is 0 Å². The summed E-state index contributed by atoms with van der Waals surface area (Å²) in [5.74, 6) is -0.513. The van der Waals surface area contributed by atoms with Crippen molar-refractivity contribution >= 4 is 12.3 Å². The van der Waals surface area contributed by atoms with E-state index in [-0.39, 0.29) is 0 Å². The third-order valence-electron chi connectivity index (χ3n) is 2.76. The number of hydrogen-bond donors (Lipinski definition) is 2. The van der Waals surface area contributed by atoms with Crippen molar-refractivity contribution in [2.24, 2.45) is 0 Å². The molecule has 5 nitrogen and oxygen atoms in total. The summed E-state index contributed by atoms with van der Waals surface area (Å²) in [7, 11) is 0. The number of hydrogen-bond acceptors (Lipinski definition) is 3. The van der Waals surface area contributed by atoms with Gasteiger partial charge in [0.1, 0.15) is 0 Å². The Morgan fingerprint density at radius 2 is 2.25 bits per heavy atom. The van der Waals surface area contributed by atoms with Gasteiger partial charge in [0.05, 0.1) is 0 Å². The lowest BCUT2D eigenvalue weighted by Crippen LogP contribution is -2.29. The molecule has 0 atom stereocenters. The first-order chi connectivity index (χ1) is 7.74. The summed E-state index contributed by atoms with van der Waals surface area (Å²) < 4.78 is 0. The molecule has 0 bridgehead atoms. The summed E-state index contributed by atoms with van der Waals surface area (Å²) in [6, 6.07) is 5.21. The van der Waals surface area contributed by atoms with E-state index in [9.17, 15) is 9.59 Å². The predicted molar refractivity (Wildman–Crippen MR) is 55.9 cm³/mol. The summed E-state index contributed by atoms with van der Waals surface area (Å²) in [6.45, 7) is 1.25. The van der Waals surface area contributed by atoms with Crippen LogP contribution in [0.2, 0.25) is 0 Å². The van der Waals surface area contributed by atoms with Crippen molar-refractivity contribution in [2.45, 2.75) is 13.0 Å². The van der Waals surface area contributed by atoms with Crippen LogP contribution in [0.15, 0.2) is 18.2 Å². The standard InChI is InChI=1S/C11H12N2O3/c14-7-13-4-3-8-5-9(11(15)12-16)1-2-10(8)6-13/h1-2,5,7,16H,3-4,6H2,(H,12,15). The van der Waals surface area contributed by atoms with Crippen molar-refractivity contribution in [3.8, 4) is 0 Å². The number of fused-ring (bicyclic) bond motifs is 1. The van der Waals surface area contributed by atoms with Crippen molar-refractivity contribution in [1.82, 2.24) is 10.4 Å². The molecule has 1 aliphatic rings. The van der Waals surface area contributed by atoms with Gasteiger partial charge in [-0.1, -0.05) is 6.07 Å². The van der Waals surface area contributed by atoms with Crippen LogP contribution in [0.3, 0.4) is 0 Å². The minimum atomic E-state index is -0.513. The van der Waals surface area contributed by atoms with E-state index in [0.29, 0.717) is 18.7 Å². The Kier molecular flexibility index (Phi) is 2.87. The molecule has 2 N–H and O–H groups in total. The molecule has 1 heterocycles. The molecular formula is C11H12N2O3. The number of carbonyl (C=O) groups is 2. The number of amides is 2. The van der Waals surface area contributed by atoms with Gasteiger partial charge in [-0.3, -0.25) is 14.8 Å². The maximum absolute atomic E-state index is 11.2. The molecular weight excluding hydrogens is 208 g/mol. The first kappa shape index (κ1) is 10.6. The van der Waals surface area contributed by atoms with Gasteiger partial charge in [0, 0.05) is 18.7 Å². The lowest BCUT2D eigenvalue weighted by molar-refractivity contribution is -0.118. The van der Waals surface area contributed by atoms with Gasteiger partial charge in [0.15, 0.2) is 0 Å². The smallest absolute Gasteiger partial charge is 0.274 e. The fourth-order valence-corrected chi connectivity index (χ4v) is 1.87. The van der Waals surface area contributed by atoms with E-state index in [0.717, 1.165) is 24.0 Å². The second-order valence-electron chi connectivity index (χ2n) is 3.75. The van der Waals surface area contributed by atoms with Crippen LogP contribution in [0, 0.1) is 0 Å². The Balaban J connectivity index is 2.27. The number of carbonyl (C=O) groups excluding carboxylic acids is 2. The molecule has 0 saturated heterocycles. The monoisotopic (exact) mass is 220 g/mol. The molecule has 1 aliphatic heterocycles. The van der Waals surface area contributed by atoms with E-state index in [1.54, 1.807) is 22.5 Å². The molecule has 0 radical (unpaired) electrons. The summed E-state index contributed by atoms with van der Waals surface area (Å²) in [4.78, 5) is 23.5. The summed E-state index contributed by atoms with van der Waals surface area (Å²) in [6.07, 6.45) is 1.57. The molecule has 1 aromatic carbocycles. The Hall–Kier alpha value is -1.88. The molecule has 0 unspecified atom stereocenters. The first-order valence-corrected chi connectivity index (χ1v) is 5.00. The van der Waals surface area contributed by atoms with Gasteiger partial charge >= 0.3 is 0 Å². The fourth-order valence-electron chi connectivity index (χ4n) is 1.87. The normalized spacial score (nSPS) is 14.2. The lowest BCUT2D eigenvalue weighted by Gasteiger charge is -2.25. The second-order valence-corrected chi connectivity index (χ2v) is 3.75. The van der Waals surface area contributed by atoms with Crippen LogP contribution in [0.5, 0.6) is 0 Å². The number of nitrogens with one attached hydrogen (secondary N) is 1. The van der Waals surface area contributed by atoms with Gasteiger partial charge in [-0.2, -0.15) is 0 Å². The highest BCUT2D eigenvalue weighted by molar-refractivity contribution is 5.93. The fraction of sp³-hybridized carbons (Fsp3) is 0.273. The highest BCUT2D eigenvalue weighted by atomic mass is 16.5. The SMILES string of the molecule is O=CN1CCc2cc(C(=O)NO)ccc2C1. The van der Waals surface area contributed by atoms with Gasteiger partial charge in [0.25, 0.3) is 5.91 Å². The molecule has 0 spiro atoms. The highest BCUT2D eigenvalue weighted by Gasteiger charge is 2.16. The van der Waals surface area contributed by atoms with Crippen LogP contribution in [-0.2, 0) is 17.8 Å². The molecule has 0 aliphatic carbocycles. The van der Waals surface area contributed by atoms with E-state index >= 15 is 0 Å². The number of benzene rings is 1. The van der Waals surface area contributed by atoms with Crippen molar-refractivity contribution in [3.05, 3.63) is 34.9 Å². The lowest BCUT2D eigenvalue weighted by atomic mass is 9.97. The van der Waals surface area contributed by atoms with E-state index in [1.807, 2.05) is 6.07 Å². The third-order valence-corrected chi connectivity index (χ3v) is 2.76.